The van der Waals surface area contributed by atoms with Crippen LogP contribution in [0.3, 0.4) is 0 Å². The molecule has 1 aromatic carbocycles. The molecule has 1 atom stereocenters. The van der Waals surface area contributed by atoms with Crippen LogP contribution in [0.25, 0.3) is 0 Å². The molecule has 3 aromatic rings. The van der Waals surface area contributed by atoms with Gasteiger partial charge in [0.1, 0.15) is 0 Å². The molecule has 7 nitrogen and oxygen atoms in total. The van der Waals surface area contributed by atoms with Crippen LogP contribution in [-0.4, -0.2) is 30.3 Å². The van der Waals surface area contributed by atoms with Crippen molar-refractivity contribution in [1.29, 1.82) is 0 Å². The summed E-state index contributed by atoms with van der Waals surface area (Å²) in [5, 5.41) is 16.3. The molecule has 0 N–H and O–H groups in total. The van der Waals surface area contributed by atoms with E-state index in [1.807, 2.05) is 4.68 Å². The first kappa shape index (κ1) is 14.7. The van der Waals surface area contributed by atoms with Crippen LogP contribution in [0.1, 0.15) is 61.1 Å². The summed E-state index contributed by atoms with van der Waals surface area (Å²) in [5.74, 6) is 2.67. The largest absolute Gasteiger partial charge is 0.339 e. The van der Waals surface area contributed by atoms with Gasteiger partial charge in [0.15, 0.2) is 11.6 Å². The van der Waals surface area contributed by atoms with Crippen molar-refractivity contribution in [3.63, 3.8) is 0 Å². The Hall–Kier alpha value is -2.57. The van der Waals surface area contributed by atoms with Crippen LogP contribution in [0.2, 0.25) is 0 Å². The Kier molecular flexibility index (Phi) is 3.39. The molecule has 2 aliphatic rings. The molecule has 0 saturated heterocycles. The number of fused-ring (bicyclic) bond motifs is 1. The van der Waals surface area contributed by atoms with Gasteiger partial charge in [-0.15, -0.1) is 5.10 Å². The molecule has 1 fully saturated rings. The van der Waals surface area contributed by atoms with E-state index in [-0.39, 0.29) is 11.3 Å². The van der Waals surface area contributed by atoms with Gasteiger partial charge in [-0.25, -0.2) is 4.68 Å². The molecule has 0 bridgehead atoms. The number of rotatable bonds is 3. The van der Waals surface area contributed by atoms with Crippen molar-refractivity contribution >= 4 is 0 Å². The number of aryl methyl sites for hydroxylation is 1. The van der Waals surface area contributed by atoms with Crippen molar-refractivity contribution in [3.05, 3.63) is 53.4 Å². The topological polar surface area (TPSA) is 82.5 Å². The lowest BCUT2D eigenvalue weighted by atomic mass is 9.78. The van der Waals surface area contributed by atoms with E-state index in [0.717, 1.165) is 49.8 Å². The van der Waals surface area contributed by atoms with Crippen LogP contribution in [0.15, 0.2) is 34.9 Å². The molecule has 1 aliphatic heterocycles. The molecular weight excluding hydrogens is 316 g/mol. The summed E-state index contributed by atoms with van der Waals surface area (Å²) in [5.41, 5.74) is 1.20. The van der Waals surface area contributed by atoms with Crippen molar-refractivity contribution in [2.75, 3.05) is 0 Å². The lowest BCUT2D eigenvalue weighted by Gasteiger charge is -2.25. The van der Waals surface area contributed by atoms with Gasteiger partial charge in [0.25, 0.3) is 0 Å². The van der Waals surface area contributed by atoms with Crippen molar-refractivity contribution in [2.45, 2.75) is 56.4 Å². The summed E-state index contributed by atoms with van der Waals surface area (Å²) in [7, 11) is 0. The zero-order chi connectivity index (χ0) is 16.7. The van der Waals surface area contributed by atoms with Gasteiger partial charge in [0, 0.05) is 18.9 Å². The van der Waals surface area contributed by atoms with Crippen LogP contribution in [0.5, 0.6) is 0 Å². The first-order valence-electron chi connectivity index (χ1n) is 9.00. The first-order chi connectivity index (χ1) is 12.4. The highest BCUT2D eigenvalue weighted by Crippen LogP contribution is 2.45. The number of hydrogen-bond acceptors (Lipinski definition) is 6. The van der Waals surface area contributed by atoms with E-state index < -0.39 is 0 Å². The van der Waals surface area contributed by atoms with Gasteiger partial charge in [-0.05, 0) is 35.3 Å². The molecule has 3 heterocycles. The van der Waals surface area contributed by atoms with Crippen LogP contribution < -0.4 is 0 Å². The Balaban J connectivity index is 1.47. The van der Waals surface area contributed by atoms with Crippen LogP contribution in [0.4, 0.5) is 0 Å². The molecule has 25 heavy (non-hydrogen) atoms. The highest BCUT2D eigenvalue weighted by molar-refractivity contribution is 5.34. The number of hydrogen-bond donors (Lipinski definition) is 0. The Morgan fingerprint density at radius 2 is 1.96 bits per heavy atom. The zero-order valence-corrected chi connectivity index (χ0v) is 14.0. The monoisotopic (exact) mass is 336 g/mol. The van der Waals surface area contributed by atoms with Gasteiger partial charge in [0.05, 0.1) is 5.41 Å². The number of aromatic nitrogens is 6. The fourth-order valence-corrected chi connectivity index (χ4v) is 4.33. The molecule has 1 unspecified atom stereocenters. The number of nitrogens with zero attached hydrogens (tertiary/aromatic N) is 6. The maximum atomic E-state index is 5.72. The Bertz CT molecular complexity index is 865. The van der Waals surface area contributed by atoms with E-state index in [1.165, 1.54) is 18.4 Å². The second-order valence-electron chi connectivity index (χ2n) is 7.12. The number of tetrazole rings is 1. The summed E-state index contributed by atoms with van der Waals surface area (Å²) in [6, 6.07) is 10.6. The predicted octanol–water partition coefficient (Wildman–Crippen LogP) is 2.65. The van der Waals surface area contributed by atoms with E-state index >= 15 is 0 Å². The third-order valence-corrected chi connectivity index (χ3v) is 5.73. The molecule has 0 spiro atoms. The summed E-state index contributed by atoms with van der Waals surface area (Å²) in [4.78, 5) is 4.87. The van der Waals surface area contributed by atoms with E-state index in [0.29, 0.717) is 0 Å². The van der Waals surface area contributed by atoms with Gasteiger partial charge in [0.2, 0.25) is 5.89 Å². The first-order valence-corrected chi connectivity index (χ1v) is 9.00. The van der Waals surface area contributed by atoms with Crippen LogP contribution in [0, 0.1) is 0 Å². The molecule has 1 saturated carbocycles. The molecule has 1 aliphatic carbocycles. The molecule has 0 amide bonds. The molecule has 2 aromatic heterocycles. The summed E-state index contributed by atoms with van der Waals surface area (Å²) < 4.78 is 7.57. The van der Waals surface area contributed by atoms with Crippen LogP contribution in [-0.2, 0) is 18.4 Å². The number of benzene rings is 1. The molecule has 7 heteroatoms. The lowest BCUT2D eigenvalue weighted by Crippen LogP contribution is -2.25. The van der Waals surface area contributed by atoms with Gasteiger partial charge in [-0.3, -0.25) is 0 Å². The maximum Gasteiger partial charge on any atom is 0.230 e. The van der Waals surface area contributed by atoms with Gasteiger partial charge >= 0.3 is 0 Å². The highest BCUT2D eigenvalue weighted by Gasteiger charge is 2.42. The van der Waals surface area contributed by atoms with E-state index in [4.69, 9.17) is 9.51 Å². The molecular formula is C18H20N6O. The normalized spacial score (nSPS) is 22.0. The fraction of sp³-hybridized carbons (Fsp3) is 0.500. The van der Waals surface area contributed by atoms with E-state index in [2.05, 4.69) is 51.0 Å². The summed E-state index contributed by atoms with van der Waals surface area (Å²) in [6.07, 6.45) is 6.26. The molecule has 128 valence electrons. The predicted molar refractivity (Wildman–Crippen MR) is 88.9 cm³/mol. The second-order valence-corrected chi connectivity index (χ2v) is 7.12. The van der Waals surface area contributed by atoms with Crippen molar-refractivity contribution in [2.24, 2.45) is 0 Å². The van der Waals surface area contributed by atoms with E-state index in [9.17, 15) is 0 Å². The highest BCUT2D eigenvalue weighted by atomic mass is 16.5. The zero-order valence-electron chi connectivity index (χ0n) is 14.0. The maximum absolute atomic E-state index is 5.72. The van der Waals surface area contributed by atoms with Gasteiger partial charge < -0.3 is 4.52 Å². The van der Waals surface area contributed by atoms with Crippen molar-refractivity contribution in [3.8, 4) is 0 Å². The summed E-state index contributed by atoms with van der Waals surface area (Å²) >= 11 is 0. The Morgan fingerprint density at radius 3 is 2.80 bits per heavy atom. The minimum Gasteiger partial charge on any atom is -0.339 e. The van der Waals surface area contributed by atoms with Crippen molar-refractivity contribution < 1.29 is 4.52 Å². The van der Waals surface area contributed by atoms with Gasteiger partial charge in [-0.2, -0.15) is 4.98 Å². The van der Waals surface area contributed by atoms with E-state index in [1.54, 1.807) is 0 Å². The molecule has 0 radical (unpaired) electrons. The van der Waals surface area contributed by atoms with Gasteiger partial charge in [-0.1, -0.05) is 48.3 Å². The smallest absolute Gasteiger partial charge is 0.230 e. The van der Waals surface area contributed by atoms with Crippen LogP contribution >= 0.6 is 0 Å². The van der Waals surface area contributed by atoms with Crippen molar-refractivity contribution in [1.82, 2.24) is 30.3 Å². The minimum atomic E-state index is -0.0980. The lowest BCUT2D eigenvalue weighted by molar-refractivity contribution is 0.311. The third kappa shape index (κ3) is 2.37. The summed E-state index contributed by atoms with van der Waals surface area (Å²) in [6.45, 7) is 0.800. The standard InChI is InChI=1S/C18H20N6O/c1-2-6-14(7-3-1)18(9-4-5-10-18)17-19-16(25-21-17)13-8-11-24-15(12-13)20-22-23-24/h1-3,6-7,13H,4-5,8-12H2. The molecule has 5 rings (SSSR count). The average molecular weight is 336 g/mol. The second kappa shape index (κ2) is 5.75. The quantitative estimate of drug-likeness (QED) is 0.731. The average Bonchev–Trinajstić information content (AvgIpc) is 3.41. The fourth-order valence-electron chi connectivity index (χ4n) is 4.33. The Labute approximate surface area is 145 Å². The third-order valence-electron chi connectivity index (χ3n) is 5.73. The SMILES string of the molecule is c1ccc(C2(c3noc(C4CCn5nnnc5C4)n3)CCCC2)cc1. The Morgan fingerprint density at radius 1 is 1.12 bits per heavy atom. The minimum absolute atomic E-state index is 0.0980.